The summed E-state index contributed by atoms with van der Waals surface area (Å²) in [5.41, 5.74) is 3.19. The molecular weight excluding hydrogens is 558 g/mol. The van der Waals surface area contributed by atoms with E-state index in [0.29, 0.717) is 12.2 Å². The van der Waals surface area contributed by atoms with E-state index in [1.54, 1.807) is 12.1 Å². The van der Waals surface area contributed by atoms with E-state index in [1.165, 1.54) is 4.90 Å². The van der Waals surface area contributed by atoms with E-state index in [0.717, 1.165) is 32.3 Å². The van der Waals surface area contributed by atoms with Crippen LogP contribution in [0.2, 0.25) is 0 Å². The van der Waals surface area contributed by atoms with Crippen LogP contribution in [0.25, 0.3) is 11.0 Å². The Kier molecular flexibility index (Phi) is 7.12. The number of halogens is 1. The van der Waals surface area contributed by atoms with Crippen molar-refractivity contribution in [2.45, 2.75) is 45.7 Å². The average molecular weight is 588 g/mol. The third-order valence-electron chi connectivity index (χ3n) is 6.93. The van der Waals surface area contributed by atoms with E-state index < -0.39 is 23.5 Å². The Balaban J connectivity index is 1.56. The van der Waals surface area contributed by atoms with Crippen molar-refractivity contribution < 1.29 is 23.8 Å². The summed E-state index contributed by atoms with van der Waals surface area (Å²) >= 11 is 3.44. The van der Waals surface area contributed by atoms with Gasteiger partial charge in [-0.1, -0.05) is 73.1 Å². The third-order valence-corrected chi connectivity index (χ3v) is 7.42. The summed E-state index contributed by atoms with van der Waals surface area (Å²) in [4.78, 5) is 28.9. The topological polar surface area (TPSA) is 80.0 Å². The lowest BCUT2D eigenvalue weighted by atomic mass is 9.85. The molecule has 5 rings (SSSR count). The van der Waals surface area contributed by atoms with E-state index in [9.17, 15) is 14.7 Å². The molecule has 0 saturated carbocycles. The van der Waals surface area contributed by atoms with E-state index in [-0.39, 0.29) is 23.3 Å². The molecule has 0 radical (unpaired) electrons. The van der Waals surface area contributed by atoms with E-state index in [2.05, 4.69) is 36.7 Å². The first-order valence-corrected chi connectivity index (χ1v) is 13.7. The van der Waals surface area contributed by atoms with Crippen LogP contribution in [0.4, 0.5) is 0 Å². The number of carbonyl (C=O) groups is 2. The number of nitrogens with zero attached hydrogens (tertiary/aromatic N) is 1. The number of rotatable bonds is 7. The van der Waals surface area contributed by atoms with Crippen molar-refractivity contribution in [1.82, 2.24) is 4.90 Å². The fraction of sp³-hybridized carbons (Fsp3) is 0.250. The highest BCUT2D eigenvalue weighted by Gasteiger charge is 2.44. The van der Waals surface area contributed by atoms with Crippen LogP contribution in [0.3, 0.4) is 0 Å². The molecule has 7 heteroatoms. The number of aliphatic hydroxyl groups excluding tert-OH is 1. The van der Waals surface area contributed by atoms with E-state index in [4.69, 9.17) is 9.15 Å². The van der Waals surface area contributed by atoms with Gasteiger partial charge in [-0.25, -0.2) is 0 Å². The maximum Gasteiger partial charge on any atom is 0.290 e. The van der Waals surface area contributed by atoms with Crippen molar-refractivity contribution in [3.05, 3.63) is 111 Å². The number of fused-ring (bicyclic) bond motifs is 1. The number of carbonyl (C=O) groups excluding carboxylic acids is 2. The van der Waals surface area contributed by atoms with Crippen molar-refractivity contribution in [2.24, 2.45) is 0 Å². The quantitative estimate of drug-likeness (QED) is 0.224. The molecule has 1 atom stereocenters. The molecule has 0 bridgehead atoms. The molecule has 1 unspecified atom stereocenters. The maximum atomic E-state index is 13.9. The van der Waals surface area contributed by atoms with Crippen LogP contribution >= 0.6 is 15.9 Å². The number of ether oxygens (including phenoxy) is 1. The van der Waals surface area contributed by atoms with Crippen LogP contribution in [0, 0.1) is 0 Å². The van der Waals surface area contributed by atoms with Crippen LogP contribution in [-0.2, 0) is 16.8 Å². The molecule has 4 aromatic rings. The number of Topliss-reactive ketones (excluding diaryl/α,β-unsaturated/α-hetero) is 1. The van der Waals surface area contributed by atoms with Gasteiger partial charge in [0.2, 0.25) is 5.78 Å². The predicted octanol–water partition coefficient (Wildman–Crippen LogP) is 7.67. The second-order valence-electron chi connectivity index (χ2n) is 10.7. The summed E-state index contributed by atoms with van der Waals surface area (Å²) < 4.78 is 12.3. The molecule has 200 valence electrons. The van der Waals surface area contributed by atoms with Gasteiger partial charge < -0.3 is 19.2 Å². The summed E-state index contributed by atoms with van der Waals surface area (Å²) in [5.74, 6) is -0.880. The number of amides is 1. The van der Waals surface area contributed by atoms with Gasteiger partial charge >= 0.3 is 0 Å². The Bertz CT molecular complexity index is 1580. The van der Waals surface area contributed by atoms with Crippen molar-refractivity contribution in [1.29, 1.82) is 0 Å². The summed E-state index contributed by atoms with van der Waals surface area (Å²) in [6, 6.07) is 21.6. The summed E-state index contributed by atoms with van der Waals surface area (Å²) in [6.45, 7) is 9.05. The van der Waals surface area contributed by atoms with Gasteiger partial charge in [0.15, 0.2) is 11.5 Å². The molecule has 0 aliphatic carbocycles. The van der Waals surface area contributed by atoms with Crippen LogP contribution in [0.5, 0.6) is 5.75 Å². The fourth-order valence-electron chi connectivity index (χ4n) is 4.87. The van der Waals surface area contributed by atoms with Crippen LogP contribution in [0.1, 0.15) is 61.0 Å². The van der Waals surface area contributed by atoms with Crippen LogP contribution in [0.15, 0.2) is 93.0 Å². The van der Waals surface area contributed by atoms with Crippen molar-refractivity contribution in [3.8, 4) is 5.75 Å². The van der Waals surface area contributed by atoms with E-state index >= 15 is 0 Å². The Labute approximate surface area is 236 Å². The van der Waals surface area contributed by atoms with Crippen LogP contribution < -0.4 is 4.74 Å². The first-order valence-electron chi connectivity index (χ1n) is 12.9. The smallest absolute Gasteiger partial charge is 0.290 e. The molecule has 1 aliphatic rings. The third kappa shape index (κ3) is 5.23. The minimum Gasteiger partial charge on any atom is -0.503 e. The zero-order chi connectivity index (χ0) is 27.9. The summed E-state index contributed by atoms with van der Waals surface area (Å²) in [7, 11) is 0. The Morgan fingerprint density at radius 1 is 1.03 bits per heavy atom. The molecule has 6 nitrogen and oxygen atoms in total. The van der Waals surface area contributed by atoms with Gasteiger partial charge in [-0.3, -0.25) is 9.59 Å². The van der Waals surface area contributed by atoms with Crippen molar-refractivity contribution >= 4 is 38.6 Å². The van der Waals surface area contributed by atoms with E-state index in [1.807, 2.05) is 67.6 Å². The lowest BCUT2D eigenvalue weighted by Crippen LogP contribution is -2.30. The monoisotopic (exact) mass is 587 g/mol. The minimum atomic E-state index is -0.787. The summed E-state index contributed by atoms with van der Waals surface area (Å²) in [5, 5.41) is 11.8. The van der Waals surface area contributed by atoms with Gasteiger partial charge in [0.1, 0.15) is 11.3 Å². The highest BCUT2D eigenvalue weighted by Crippen LogP contribution is 2.41. The van der Waals surface area contributed by atoms with Crippen molar-refractivity contribution in [2.75, 3.05) is 6.61 Å². The maximum absolute atomic E-state index is 13.9. The Morgan fingerprint density at radius 2 is 1.72 bits per heavy atom. The Morgan fingerprint density at radius 3 is 2.36 bits per heavy atom. The lowest BCUT2D eigenvalue weighted by molar-refractivity contribution is -0.130. The highest BCUT2D eigenvalue weighted by molar-refractivity contribution is 9.10. The molecule has 39 heavy (non-hydrogen) atoms. The van der Waals surface area contributed by atoms with Crippen LogP contribution in [-0.4, -0.2) is 28.3 Å². The fourth-order valence-corrected chi connectivity index (χ4v) is 5.25. The number of benzene rings is 3. The molecule has 0 spiro atoms. The molecule has 3 aromatic carbocycles. The van der Waals surface area contributed by atoms with Gasteiger partial charge in [0.05, 0.1) is 18.2 Å². The molecule has 1 N–H and O–H groups in total. The number of hydrogen-bond donors (Lipinski definition) is 1. The number of aliphatic hydroxyl groups is 1. The van der Waals surface area contributed by atoms with Gasteiger partial charge in [-0.05, 0) is 65.4 Å². The first-order chi connectivity index (χ1) is 18.6. The number of furan rings is 1. The first kappa shape index (κ1) is 26.8. The number of ketones is 1. The minimum absolute atomic E-state index is 0.00701. The second kappa shape index (κ2) is 10.4. The largest absolute Gasteiger partial charge is 0.503 e. The van der Waals surface area contributed by atoms with Gasteiger partial charge in [-0.15, -0.1) is 0 Å². The standard InChI is InChI=1S/C32H30BrNO5/c1-5-38-24-13-6-19(7-14-24)18-34-28(20-8-10-22(11-9-20)32(2,3)4)27(30(36)31(34)37)29(35)26-17-21-16-23(33)12-15-25(21)39-26/h6-17,28,36H,5,18H2,1-4H3. The molecular formula is C32H30BrNO5. The summed E-state index contributed by atoms with van der Waals surface area (Å²) in [6.07, 6.45) is 0. The predicted molar refractivity (Wildman–Crippen MR) is 154 cm³/mol. The Hall–Kier alpha value is -3.84. The lowest BCUT2D eigenvalue weighted by Gasteiger charge is -2.28. The normalized spacial score (nSPS) is 15.9. The molecule has 0 saturated heterocycles. The second-order valence-corrected chi connectivity index (χ2v) is 11.6. The SMILES string of the molecule is CCOc1ccc(CN2C(=O)C(O)=C(C(=O)c3cc4cc(Br)ccc4o3)C2c2ccc(C(C)(C)C)cc2)cc1. The van der Waals surface area contributed by atoms with Crippen molar-refractivity contribution in [3.63, 3.8) is 0 Å². The van der Waals surface area contributed by atoms with Gasteiger partial charge in [-0.2, -0.15) is 0 Å². The zero-order valence-corrected chi connectivity index (χ0v) is 23.9. The van der Waals surface area contributed by atoms with Gasteiger partial charge in [0, 0.05) is 16.4 Å². The number of hydrogen-bond acceptors (Lipinski definition) is 5. The molecule has 2 heterocycles. The van der Waals surface area contributed by atoms with Gasteiger partial charge in [0.25, 0.3) is 5.91 Å². The molecule has 1 aliphatic heterocycles. The highest BCUT2D eigenvalue weighted by atomic mass is 79.9. The molecule has 1 aromatic heterocycles. The molecule has 0 fully saturated rings. The average Bonchev–Trinajstić information content (AvgIpc) is 3.43. The molecule has 1 amide bonds. The zero-order valence-electron chi connectivity index (χ0n) is 22.3.